The lowest BCUT2D eigenvalue weighted by molar-refractivity contribution is 0.325. The van der Waals surface area contributed by atoms with E-state index in [0.717, 1.165) is 17.8 Å². The Morgan fingerprint density at radius 3 is 2.41 bits per heavy atom. The molecule has 0 aliphatic carbocycles. The summed E-state index contributed by atoms with van der Waals surface area (Å²) in [5.74, 6) is 0. The van der Waals surface area contributed by atoms with E-state index in [1.807, 2.05) is 16.8 Å². The normalized spacial score (nSPS) is 11.8. The zero-order valence-corrected chi connectivity index (χ0v) is 10.9. The van der Waals surface area contributed by atoms with Crippen LogP contribution in [-0.2, 0) is 6.54 Å². The van der Waals surface area contributed by atoms with E-state index < -0.39 is 0 Å². The average molecular weight is 229 g/mol. The third-order valence-electron chi connectivity index (χ3n) is 2.53. The van der Waals surface area contributed by atoms with E-state index in [1.165, 1.54) is 5.56 Å². The molecular formula is C14H19N3. The van der Waals surface area contributed by atoms with E-state index in [9.17, 15) is 0 Å². The minimum atomic E-state index is 0.244. The Hall–Kier alpha value is -1.64. The molecule has 0 radical (unpaired) electrons. The summed E-state index contributed by atoms with van der Waals surface area (Å²) in [6.07, 6.45) is 5.72. The van der Waals surface area contributed by atoms with Crippen LogP contribution in [0.1, 0.15) is 26.3 Å². The van der Waals surface area contributed by atoms with Gasteiger partial charge in [0.25, 0.3) is 0 Å². The highest BCUT2D eigenvalue weighted by atomic mass is 15.3. The first-order valence-corrected chi connectivity index (χ1v) is 5.90. The van der Waals surface area contributed by atoms with Crippen LogP contribution in [0.3, 0.4) is 0 Å². The lowest BCUT2D eigenvalue weighted by Crippen LogP contribution is -2.15. The van der Waals surface area contributed by atoms with Crippen molar-refractivity contribution in [1.82, 2.24) is 14.8 Å². The van der Waals surface area contributed by atoms with Gasteiger partial charge in [0, 0.05) is 30.7 Å². The molecule has 90 valence electrons. The molecule has 2 heterocycles. The van der Waals surface area contributed by atoms with Crippen LogP contribution in [0.4, 0.5) is 0 Å². The maximum Gasteiger partial charge on any atom is 0.0953 e. The van der Waals surface area contributed by atoms with Crippen LogP contribution < -0.4 is 0 Å². The quantitative estimate of drug-likeness (QED) is 0.791. The molecule has 0 aliphatic heterocycles. The molecule has 2 rings (SSSR count). The number of hydrogen-bond acceptors (Lipinski definition) is 2. The standard InChI is InChI=1S/C14H19N3/c1-11-9-17(10-14(2,3)4)16-13(11)12-5-7-15-8-6-12/h5-9H,10H2,1-4H3. The fourth-order valence-electron chi connectivity index (χ4n) is 1.88. The van der Waals surface area contributed by atoms with E-state index >= 15 is 0 Å². The molecule has 2 aromatic rings. The zero-order valence-electron chi connectivity index (χ0n) is 10.9. The number of pyridine rings is 1. The zero-order chi connectivity index (χ0) is 12.5. The van der Waals surface area contributed by atoms with Crippen LogP contribution in [0, 0.1) is 12.3 Å². The van der Waals surface area contributed by atoms with Gasteiger partial charge in [-0.1, -0.05) is 20.8 Å². The van der Waals surface area contributed by atoms with E-state index in [0.29, 0.717) is 0 Å². The summed E-state index contributed by atoms with van der Waals surface area (Å²) >= 11 is 0. The molecule has 3 nitrogen and oxygen atoms in total. The predicted octanol–water partition coefficient (Wildman–Crippen LogP) is 3.30. The van der Waals surface area contributed by atoms with Crippen molar-refractivity contribution in [3.63, 3.8) is 0 Å². The number of aromatic nitrogens is 3. The van der Waals surface area contributed by atoms with Gasteiger partial charge in [-0.15, -0.1) is 0 Å². The Labute approximate surface area is 103 Å². The van der Waals surface area contributed by atoms with Gasteiger partial charge < -0.3 is 0 Å². The van der Waals surface area contributed by atoms with E-state index in [1.54, 1.807) is 12.4 Å². The summed E-state index contributed by atoms with van der Waals surface area (Å²) in [6.45, 7) is 9.68. The van der Waals surface area contributed by atoms with Crippen molar-refractivity contribution >= 4 is 0 Å². The highest BCUT2D eigenvalue weighted by Gasteiger charge is 2.14. The molecule has 0 unspecified atom stereocenters. The molecule has 0 spiro atoms. The maximum atomic E-state index is 4.65. The van der Waals surface area contributed by atoms with Crippen molar-refractivity contribution in [3.05, 3.63) is 36.3 Å². The highest BCUT2D eigenvalue weighted by molar-refractivity contribution is 5.61. The largest absolute Gasteiger partial charge is 0.271 e. The van der Waals surface area contributed by atoms with Crippen LogP contribution in [0.5, 0.6) is 0 Å². The topological polar surface area (TPSA) is 30.7 Å². The smallest absolute Gasteiger partial charge is 0.0953 e. The maximum absolute atomic E-state index is 4.65. The minimum Gasteiger partial charge on any atom is -0.271 e. The third kappa shape index (κ3) is 2.93. The Kier molecular flexibility index (Phi) is 3.01. The Bertz CT molecular complexity index is 492. The first kappa shape index (κ1) is 11.8. The van der Waals surface area contributed by atoms with Crippen molar-refractivity contribution < 1.29 is 0 Å². The van der Waals surface area contributed by atoms with Crippen LogP contribution in [0.2, 0.25) is 0 Å². The van der Waals surface area contributed by atoms with Gasteiger partial charge in [0.2, 0.25) is 0 Å². The highest BCUT2D eigenvalue weighted by Crippen LogP contribution is 2.22. The number of hydrogen-bond donors (Lipinski definition) is 0. The number of nitrogens with zero attached hydrogens (tertiary/aromatic N) is 3. The van der Waals surface area contributed by atoms with Crippen LogP contribution in [0.15, 0.2) is 30.7 Å². The molecule has 0 fully saturated rings. The summed E-state index contributed by atoms with van der Waals surface area (Å²) in [7, 11) is 0. The molecule has 2 aromatic heterocycles. The predicted molar refractivity (Wildman–Crippen MR) is 69.7 cm³/mol. The van der Waals surface area contributed by atoms with Crippen LogP contribution in [-0.4, -0.2) is 14.8 Å². The Balaban J connectivity index is 2.32. The fraction of sp³-hybridized carbons (Fsp3) is 0.429. The molecule has 0 amide bonds. The molecule has 0 aromatic carbocycles. The first-order valence-electron chi connectivity index (χ1n) is 5.90. The summed E-state index contributed by atoms with van der Waals surface area (Å²) in [4.78, 5) is 4.03. The van der Waals surface area contributed by atoms with E-state index in [-0.39, 0.29) is 5.41 Å². The Morgan fingerprint density at radius 2 is 1.82 bits per heavy atom. The molecule has 0 bridgehead atoms. The second-order valence-corrected chi connectivity index (χ2v) is 5.65. The van der Waals surface area contributed by atoms with Crippen LogP contribution in [0.25, 0.3) is 11.3 Å². The Morgan fingerprint density at radius 1 is 1.18 bits per heavy atom. The molecule has 0 saturated carbocycles. The van der Waals surface area contributed by atoms with E-state index in [2.05, 4.69) is 44.0 Å². The molecule has 0 aliphatic rings. The lowest BCUT2D eigenvalue weighted by Gasteiger charge is -2.17. The second-order valence-electron chi connectivity index (χ2n) is 5.65. The average Bonchev–Trinajstić information content (AvgIpc) is 2.58. The molecular weight excluding hydrogens is 210 g/mol. The number of rotatable bonds is 2. The summed E-state index contributed by atoms with van der Waals surface area (Å²) in [6, 6.07) is 3.99. The van der Waals surface area contributed by atoms with Crippen molar-refractivity contribution in [2.24, 2.45) is 5.41 Å². The number of aryl methyl sites for hydroxylation is 1. The van der Waals surface area contributed by atoms with Gasteiger partial charge in [-0.3, -0.25) is 9.67 Å². The van der Waals surface area contributed by atoms with Crippen molar-refractivity contribution in [2.75, 3.05) is 0 Å². The first-order chi connectivity index (χ1) is 7.96. The monoisotopic (exact) mass is 229 g/mol. The summed E-state index contributed by atoms with van der Waals surface area (Å²) < 4.78 is 2.03. The van der Waals surface area contributed by atoms with Gasteiger partial charge in [-0.2, -0.15) is 5.10 Å². The molecule has 0 saturated heterocycles. The molecule has 0 N–H and O–H groups in total. The van der Waals surface area contributed by atoms with E-state index in [4.69, 9.17) is 0 Å². The minimum absolute atomic E-state index is 0.244. The lowest BCUT2D eigenvalue weighted by atomic mass is 9.97. The third-order valence-corrected chi connectivity index (χ3v) is 2.53. The van der Waals surface area contributed by atoms with Crippen LogP contribution >= 0.6 is 0 Å². The molecule has 0 atom stereocenters. The van der Waals surface area contributed by atoms with Gasteiger partial charge >= 0.3 is 0 Å². The molecule has 3 heteroatoms. The molecule has 17 heavy (non-hydrogen) atoms. The van der Waals surface area contributed by atoms with Gasteiger partial charge in [-0.25, -0.2) is 0 Å². The summed E-state index contributed by atoms with van der Waals surface area (Å²) in [5, 5.41) is 4.65. The SMILES string of the molecule is Cc1cn(CC(C)(C)C)nc1-c1ccncc1. The fourth-order valence-corrected chi connectivity index (χ4v) is 1.88. The van der Waals surface area contributed by atoms with Gasteiger partial charge in [0.05, 0.1) is 5.69 Å². The van der Waals surface area contributed by atoms with Crippen molar-refractivity contribution in [2.45, 2.75) is 34.2 Å². The van der Waals surface area contributed by atoms with Gasteiger partial charge in [0.15, 0.2) is 0 Å². The van der Waals surface area contributed by atoms with Gasteiger partial charge in [-0.05, 0) is 30.0 Å². The van der Waals surface area contributed by atoms with Crippen molar-refractivity contribution in [3.8, 4) is 11.3 Å². The summed E-state index contributed by atoms with van der Waals surface area (Å²) in [5.41, 5.74) is 3.64. The second kappa shape index (κ2) is 4.32. The van der Waals surface area contributed by atoms with Crippen molar-refractivity contribution in [1.29, 1.82) is 0 Å². The van der Waals surface area contributed by atoms with Gasteiger partial charge in [0.1, 0.15) is 0 Å².